The minimum Gasteiger partial charge on any atom is -0.480 e. The molecule has 0 amide bonds. The van der Waals surface area contributed by atoms with E-state index in [4.69, 9.17) is 16.3 Å². The number of aromatic nitrogens is 3. The summed E-state index contributed by atoms with van der Waals surface area (Å²) in [5.74, 6) is 0.479. The molecular weight excluding hydrogens is 202 g/mol. The zero-order valence-corrected chi connectivity index (χ0v) is 8.54. The fraction of sp³-hybridized carbons (Fsp3) is 0.222. The second-order valence-corrected chi connectivity index (χ2v) is 3.15. The molecule has 0 spiro atoms. The van der Waals surface area contributed by atoms with Gasteiger partial charge in [0.1, 0.15) is 11.2 Å². The average Bonchev–Trinajstić information content (AvgIpc) is 2.17. The van der Waals surface area contributed by atoms with Gasteiger partial charge in [0, 0.05) is 6.20 Å². The van der Waals surface area contributed by atoms with Crippen molar-refractivity contribution in [2.45, 2.75) is 6.92 Å². The first kappa shape index (κ1) is 9.15. The zero-order valence-electron chi connectivity index (χ0n) is 7.78. The van der Waals surface area contributed by atoms with Crippen molar-refractivity contribution in [3.8, 4) is 5.88 Å². The fourth-order valence-corrected chi connectivity index (χ4v) is 1.41. The van der Waals surface area contributed by atoms with Gasteiger partial charge >= 0.3 is 0 Å². The number of methoxy groups -OCH3 is 1. The van der Waals surface area contributed by atoms with Crippen molar-refractivity contribution in [1.29, 1.82) is 0 Å². The van der Waals surface area contributed by atoms with Crippen molar-refractivity contribution < 1.29 is 4.74 Å². The Balaban J connectivity index is 2.80. The number of hydrogen-bond acceptors (Lipinski definition) is 4. The maximum absolute atomic E-state index is 5.87. The molecule has 2 heterocycles. The number of ether oxygens (including phenoxy) is 1. The molecule has 0 unspecified atom stereocenters. The molecule has 0 aliphatic rings. The number of hydrogen-bond donors (Lipinski definition) is 0. The summed E-state index contributed by atoms with van der Waals surface area (Å²) in [4.78, 5) is 12.4. The molecular formula is C9H8ClN3O. The number of rotatable bonds is 1. The van der Waals surface area contributed by atoms with Crippen LogP contribution in [0.15, 0.2) is 12.3 Å². The molecule has 0 aliphatic heterocycles. The fourth-order valence-electron chi connectivity index (χ4n) is 1.22. The van der Waals surface area contributed by atoms with Crippen molar-refractivity contribution >= 4 is 22.6 Å². The van der Waals surface area contributed by atoms with E-state index in [1.165, 1.54) is 0 Å². The van der Waals surface area contributed by atoms with Crippen molar-refractivity contribution in [2.75, 3.05) is 7.11 Å². The predicted octanol–water partition coefficient (Wildman–Crippen LogP) is 2.00. The van der Waals surface area contributed by atoms with Gasteiger partial charge in [0.15, 0.2) is 5.15 Å². The van der Waals surface area contributed by atoms with E-state index in [0.717, 1.165) is 11.2 Å². The van der Waals surface area contributed by atoms with Gasteiger partial charge in [0.25, 0.3) is 0 Å². The maximum atomic E-state index is 5.87. The normalized spacial score (nSPS) is 10.5. The first-order chi connectivity index (χ1) is 6.72. The van der Waals surface area contributed by atoms with Crippen LogP contribution in [0.2, 0.25) is 5.15 Å². The summed E-state index contributed by atoms with van der Waals surface area (Å²) in [6.07, 6.45) is 1.60. The van der Waals surface area contributed by atoms with Gasteiger partial charge in [0.05, 0.1) is 12.6 Å². The van der Waals surface area contributed by atoms with Crippen LogP contribution < -0.4 is 4.74 Å². The van der Waals surface area contributed by atoms with Gasteiger partial charge < -0.3 is 4.74 Å². The first-order valence-corrected chi connectivity index (χ1v) is 4.43. The van der Waals surface area contributed by atoms with Crippen molar-refractivity contribution in [3.63, 3.8) is 0 Å². The molecule has 2 rings (SSSR count). The van der Waals surface area contributed by atoms with Crippen LogP contribution in [0.3, 0.4) is 0 Å². The van der Waals surface area contributed by atoms with Crippen molar-refractivity contribution in [3.05, 3.63) is 23.1 Å². The molecule has 0 aromatic carbocycles. The Morgan fingerprint density at radius 3 is 2.86 bits per heavy atom. The second kappa shape index (κ2) is 3.38. The molecule has 0 atom stereocenters. The van der Waals surface area contributed by atoms with Crippen LogP contribution in [-0.2, 0) is 0 Å². The van der Waals surface area contributed by atoms with Crippen molar-refractivity contribution in [1.82, 2.24) is 15.0 Å². The highest BCUT2D eigenvalue weighted by Crippen LogP contribution is 2.21. The molecule has 0 N–H and O–H groups in total. The van der Waals surface area contributed by atoms with E-state index < -0.39 is 0 Å². The number of aryl methyl sites for hydroxylation is 1. The van der Waals surface area contributed by atoms with Crippen LogP contribution in [0.4, 0.5) is 0 Å². The molecule has 4 nitrogen and oxygen atoms in total. The predicted molar refractivity (Wildman–Crippen MR) is 53.6 cm³/mol. The van der Waals surface area contributed by atoms with E-state index in [-0.39, 0.29) is 0 Å². The van der Waals surface area contributed by atoms with Crippen LogP contribution in [0.5, 0.6) is 5.88 Å². The lowest BCUT2D eigenvalue weighted by molar-refractivity contribution is 0.394. The molecule has 0 aliphatic carbocycles. The van der Waals surface area contributed by atoms with Crippen LogP contribution in [0.1, 0.15) is 5.69 Å². The van der Waals surface area contributed by atoms with E-state index in [1.54, 1.807) is 19.4 Å². The van der Waals surface area contributed by atoms with Gasteiger partial charge in [-0.15, -0.1) is 0 Å². The van der Waals surface area contributed by atoms with Crippen LogP contribution in [0.25, 0.3) is 11.0 Å². The molecule has 2 aromatic rings. The summed E-state index contributed by atoms with van der Waals surface area (Å²) < 4.78 is 5.05. The zero-order chi connectivity index (χ0) is 10.1. The van der Waals surface area contributed by atoms with E-state index in [0.29, 0.717) is 16.5 Å². The lowest BCUT2D eigenvalue weighted by atomic mass is 10.3. The lowest BCUT2D eigenvalue weighted by Crippen LogP contribution is -1.96. The Morgan fingerprint density at radius 2 is 2.14 bits per heavy atom. The Morgan fingerprint density at radius 1 is 1.36 bits per heavy atom. The van der Waals surface area contributed by atoms with E-state index in [9.17, 15) is 0 Å². The Bertz CT molecular complexity index is 487. The quantitative estimate of drug-likeness (QED) is 0.674. The molecule has 0 radical (unpaired) electrons. The number of halogens is 1. The molecule has 14 heavy (non-hydrogen) atoms. The highest BCUT2D eigenvalue weighted by atomic mass is 35.5. The van der Waals surface area contributed by atoms with E-state index >= 15 is 0 Å². The standard InChI is InChI=1S/C9H8ClN3O/c1-5-9(14-2)13-7-6(12-5)3-4-11-8(7)10/h3-4H,1-2H3. The monoisotopic (exact) mass is 209 g/mol. The Hall–Kier alpha value is -1.42. The minimum absolute atomic E-state index is 0.341. The summed E-state index contributed by atoms with van der Waals surface area (Å²) in [5.41, 5.74) is 2.03. The molecule has 0 fully saturated rings. The molecule has 2 aromatic heterocycles. The van der Waals surface area contributed by atoms with E-state index in [2.05, 4.69) is 15.0 Å². The molecule has 5 heteroatoms. The Labute approximate surface area is 85.9 Å². The third-order valence-electron chi connectivity index (χ3n) is 1.86. The van der Waals surface area contributed by atoms with Gasteiger partial charge in [-0.25, -0.2) is 15.0 Å². The maximum Gasteiger partial charge on any atom is 0.235 e. The summed E-state index contributed by atoms with van der Waals surface area (Å²) in [6, 6.07) is 1.76. The largest absolute Gasteiger partial charge is 0.480 e. The number of fused-ring (bicyclic) bond motifs is 1. The van der Waals surface area contributed by atoms with E-state index in [1.807, 2.05) is 6.92 Å². The van der Waals surface area contributed by atoms with Gasteiger partial charge in [-0.2, -0.15) is 0 Å². The minimum atomic E-state index is 0.341. The smallest absolute Gasteiger partial charge is 0.235 e. The number of nitrogens with zero attached hydrogens (tertiary/aromatic N) is 3. The summed E-state index contributed by atoms with van der Waals surface area (Å²) in [5, 5.41) is 0.341. The van der Waals surface area contributed by atoms with Crippen LogP contribution in [-0.4, -0.2) is 22.1 Å². The Kier molecular flexibility index (Phi) is 2.21. The lowest BCUT2D eigenvalue weighted by Gasteiger charge is -2.04. The van der Waals surface area contributed by atoms with Gasteiger partial charge in [-0.3, -0.25) is 0 Å². The molecule has 0 saturated heterocycles. The van der Waals surface area contributed by atoms with Crippen molar-refractivity contribution in [2.24, 2.45) is 0 Å². The van der Waals surface area contributed by atoms with Crippen LogP contribution in [0, 0.1) is 6.92 Å². The topological polar surface area (TPSA) is 47.9 Å². The third kappa shape index (κ3) is 1.37. The SMILES string of the molecule is COc1nc2c(Cl)nccc2nc1C. The molecule has 0 saturated carbocycles. The van der Waals surface area contributed by atoms with Gasteiger partial charge in [-0.1, -0.05) is 11.6 Å². The highest BCUT2D eigenvalue weighted by molar-refractivity contribution is 6.33. The second-order valence-electron chi connectivity index (χ2n) is 2.79. The van der Waals surface area contributed by atoms with Gasteiger partial charge in [-0.05, 0) is 13.0 Å². The average molecular weight is 210 g/mol. The third-order valence-corrected chi connectivity index (χ3v) is 2.14. The van der Waals surface area contributed by atoms with Gasteiger partial charge in [0.2, 0.25) is 5.88 Å². The number of pyridine rings is 1. The molecule has 72 valence electrons. The molecule has 0 bridgehead atoms. The van der Waals surface area contributed by atoms with Crippen LogP contribution >= 0.6 is 11.6 Å². The highest BCUT2D eigenvalue weighted by Gasteiger charge is 2.07. The summed E-state index contributed by atoms with van der Waals surface area (Å²) in [6.45, 7) is 1.83. The summed E-state index contributed by atoms with van der Waals surface area (Å²) >= 11 is 5.87. The summed E-state index contributed by atoms with van der Waals surface area (Å²) in [7, 11) is 1.55. The first-order valence-electron chi connectivity index (χ1n) is 4.05.